The van der Waals surface area contributed by atoms with E-state index in [1.165, 1.54) is 0 Å². The minimum atomic E-state index is -0.237. The molecular weight excluding hydrogens is 210 g/mol. The Hall–Kier alpha value is -1.24. The summed E-state index contributed by atoms with van der Waals surface area (Å²) in [5, 5.41) is 12.7. The van der Waals surface area contributed by atoms with Gasteiger partial charge in [-0.1, -0.05) is 11.6 Å². The first-order valence-corrected chi connectivity index (χ1v) is 5.04. The number of nitrogens with one attached hydrogen (secondary N) is 1. The van der Waals surface area contributed by atoms with Gasteiger partial charge in [0.05, 0.1) is 11.3 Å². The smallest absolute Gasteiger partial charge is 0.101 e. The Labute approximate surface area is 94.8 Å². The summed E-state index contributed by atoms with van der Waals surface area (Å²) in [7, 11) is 0. The lowest BCUT2D eigenvalue weighted by molar-refractivity contribution is 0.580. The summed E-state index contributed by atoms with van der Waals surface area (Å²) in [6.45, 7) is 4.44. The first-order chi connectivity index (χ1) is 6.98. The molecule has 3 N–H and O–H groups in total. The third-order valence-electron chi connectivity index (χ3n) is 2.09. The third-order valence-corrected chi connectivity index (χ3v) is 2.32. The molecule has 3 nitrogen and oxygen atoms in total. The summed E-state index contributed by atoms with van der Waals surface area (Å²) in [4.78, 5) is 0. The highest BCUT2D eigenvalue weighted by atomic mass is 35.5. The van der Waals surface area contributed by atoms with Gasteiger partial charge in [0.25, 0.3) is 0 Å². The molecule has 0 saturated heterocycles. The van der Waals surface area contributed by atoms with Crippen molar-refractivity contribution < 1.29 is 0 Å². The van der Waals surface area contributed by atoms with Crippen LogP contribution >= 0.6 is 11.6 Å². The van der Waals surface area contributed by atoms with E-state index in [9.17, 15) is 0 Å². The maximum absolute atomic E-state index is 8.93. The molecule has 1 aromatic rings. The largest absolute Gasteiger partial charge is 0.378 e. The highest BCUT2D eigenvalue weighted by Crippen LogP contribution is 2.22. The van der Waals surface area contributed by atoms with Crippen molar-refractivity contribution in [3.63, 3.8) is 0 Å². The molecule has 0 bridgehead atoms. The molecule has 1 aromatic carbocycles. The average molecular weight is 224 g/mol. The van der Waals surface area contributed by atoms with Crippen LogP contribution in [0.3, 0.4) is 0 Å². The van der Waals surface area contributed by atoms with E-state index in [4.69, 9.17) is 22.6 Å². The van der Waals surface area contributed by atoms with E-state index in [1.807, 2.05) is 13.8 Å². The van der Waals surface area contributed by atoms with Crippen LogP contribution in [0.5, 0.6) is 0 Å². The van der Waals surface area contributed by atoms with E-state index >= 15 is 0 Å². The molecular formula is C11H14ClN3. The number of anilines is 1. The van der Waals surface area contributed by atoms with Crippen LogP contribution in [-0.4, -0.2) is 12.1 Å². The molecule has 0 atom stereocenters. The van der Waals surface area contributed by atoms with Crippen LogP contribution in [0.1, 0.15) is 19.4 Å². The number of rotatable bonds is 3. The molecule has 0 heterocycles. The number of nitrogens with two attached hydrogens (primary N) is 1. The van der Waals surface area contributed by atoms with Gasteiger partial charge >= 0.3 is 0 Å². The minimum absolute atomic E-state index is 0.237. The van der Waals surface area contributed by atoms with Gasteiger partial charge in [-0.2, -0.15) is 5.26 Å². The predicted octanol–water partition coefficient (Wildman–Crippen LogP) is 2.36. The minimum Gasteiger partial charge on any atom is -0.378 e. The van der Waals surface area contributed by atoms with Crippen LogP contribution in [0.4, 0.5) is 5.69 Å². The summed E-state index contributed by atoms with van der Waals surface area (Å²) < 4.78 is 0. The Morgan fingerprint density at radius 1 is 1.53 bits per heavy atom. The molecule has 0 saturated carbocycles. The standard InChI is InChI=1S/C11H14ClN3/c1-11(2,7-14)15-10-4-3-9(12)5-8(10)6-13/h3-5,15H,7,14H2,1-2H3. The lowest BCUT2D eigenvalue weighted by Gasteiger charge is -2.26. The average Bonchev–Trinajstić information content (AvgIpc) is 2.20. The zero-order valence-electron chi connectivity index (χ0n) is 8.84. The van der Waals surface area contributed by atoms with E-state index in [2.05, 4.69) is 11.4 Å². The van der Waals surface area contributed by atoms with E-state index < -0.39 is 0 Å². The highest BCUT2D eigenvalue weighted by molar-refractivity contribution is 6.30. The second-order valence-electron chi connectivity index (χ2n) is 4.01. The van der Waals surface area contributed by atoms with Gasteiger partial charge in [0.2, 0.25) is 0 Å². The maximum atomic E-state index is 8.93. The number of nitrogens with zero attached hydrogens (tertiary/aromatic N) is 1. The molecule has 15 heavy (non-hydrogen) atoms. The molecule has 80 valence electrons. The molecule has 1 rings (SSSR count). The first-order valence-electron chi connectivity index (χ1n) is 4.66. The van der Waals surface area contributed by atoms with Crippen molar-refractivity contribution in [2.45, 2.75) is 19.4 Å². The van der Waals surface area contributed by atoms with Crippen molar-refractivity contribution in [3.05, 3.63) is 28.8 Å². The van der Waals surface area contributed by atoms with Crippen LogP contribution in [0.15, 0.2) is 18.2 Å². The summed E-state index contributed by atoms with van der Waals surface area (Å²) in [5.41, 5.74) is 6.66. The van der Waals surface area contributed by atoms with Crippen molar-refractivity contribution in [2.75, 3.05) is 11.9 Å². The summed E-state index contributed by atoms with van der Waals surface area (Å²) in [5.74, 6) is 0. The van der Waals surface area contributed by atoms with Gasteiger partial charge in [0, 0.05) is 17.1 Å². The second-order valence-corrected chi connectivity index (χ2v) is 4.45. The number of benzene rings is 1. The normalized spacial score (nSPS) is 10.9. The molecule has 0 unspecified atom stereocenters. The van der Waals surface area contributed by atoms with Gasteiger partial charge in [-0.3, -0.25) is 0 Å². The summed E-state index contributed by atoms with van der Waals surface area (Å²) >= 11 is 5.80. The fraction of sp³-hybridized carbons (Fsp3) is 0.364. The lowest BCUT2D eigenvalue weighted by atomic mass is 10.0. The van der Waals surface area contributed by atoms with Crippen molar-refractivity contribution in [3.8, 4) is 6.07 Å². The van der Waals surface area contributed by atoms with E-state index in [-0.39, 0.29) is 5.54 Å². The Bertz CT molecular complexity index is 393. The zero-order chi connectivity index (χ0) is 11.5. The van der Waals surface area contributed by atoms with Crippen LogP contribution in [0.25, 0.3) is 0 Å². The Balaban J connectivity index is 3.01. The Kier molecular flexibility index (Phi) is 3.57. The SMILES string of the molecule is CC(C)(CN)Nc1ccc(Cl)cc1C#N. The van der Waals surface area contributed by atoms with E-state index in [1.54, 1.807) is 18.2 Å². The molecule has 0 fully saturated rings. The van der Waals surface area contributed by atoms with Crippen LogP contribution in [0, 0.1) is 11.3 Å². The van der Waals surface area contributed by atoms with Crippen molar-refractivity contribution in [1.29, 1.82) is 5.26 Å². The van der Waals surface area contributed by atoms with Crippen LogP contribution in [-0.2, 0) is 0 Å². The van der Waals surface area contributed by atoms with Crippen LogP contribution in [0.2, 0.25) is 5.02 Å². The Morgan fingerprint density at radius 3 is 2.73 bits per heavy atom. The maximum Gasteiger partial charge on any atom is 0.101 e. The van der Waals surface area contributed by atoms with E-state index in [0.29, 0.717) is 17.1 Å². The fourth-order valence-corrected chi connectivity index (χ4v) is 1.31. The lowest BCUT2D eigenvalue weighted by Crippen LogP contribution is -2.39. The zero-order valence-corrected chi connectivity index (χ0v) is 9.60. The summed E-state index contributed by atoms with van der Waals surface area (Å²) in [6.07, 6.45) is 0. The van der Waals surface area contributed by atoms with Gasteiger partial charge in [0.1, 0.15) is 6.07 Å². The number of hydrogen-bond acceptors (Lipinski definition) is 3. The van der Waals surface area contributed by atoms with Crippen molar-refractivity contribution >= 4 is 17.3 Å². The third kappa shape index (κ3) is 3.12. The summed E-state index contributed by atoms with van der Waals surface area (Å²) in [6, 6.07) is 7.27. The number of nitriles is 1. The van der Waals surface area contributed by atoms with Gasteiger partial charge in [0.15, 0.2) is 0 Å². The van der Waals surface area contributed by atoms with E-state index in [0.717, 1.165) is 5.69 Å². The van der Waals surface area contributed by atoms with Crippen molar-refractivity contribution in [2.24, 2.45) is 5.73 Å². The molecule has 0 aliphatic carbocycles. The highest BCUT2D eigenvalue weighted by Gasteiger charge is 2.16. The molecule has 0 amide bonds. The molecule has 0 spiro atoms. The molecule has 0 aliphatic rings. The first kappa shape index (κ1) is 11.8. The van der Waals surface area contributed by atoms with Crippen LogP contribution < -0.4 is 11.1 Å². The topological polar surface area (TPSA) is 61.8 Å². The number of halogens is 1. The fourth-order valence-electron chi connectivity index (χ4n) is 1.13. The molecule has 0 aromatic heterocycles. The van der Waals surface area contributed by atoms with Crippen molar-refractivity contribution in [1.82, 2.24) is 0 Å². The molecule has 0 radical (unpaired) electrons. The van der Waals surface area contributed by atoms with Gasteiger partial charge in [-0.25, -0.2) is 0 Å². The van der Waals surface area contributed by atoms with Gasteiger partial charge in [-0.15, -0.1) is 0 Å². The molecule has 0 aliphatic heterocycles. The molecule has 4 heteroatoms. The Morgan fingerprint density at radius 2 is 2.20 bits per heavy atom. The number of hydrogen-bond donors (Lipinski definition) is 2. The second kappa shape index (κ2) is 4.52. The predicted molar refractivity (Wildman–Crippen MR) is 62.9 cm³/mol. The van der Waals surface area contributed by atoms with Gasteiger partial charge in [-0.05, 0) is 32.0 Å². The van der Waals surface area contributed by atoms with Gasteiger partial charge < -0.3 is 11.1 Å². The monoisotopic (exact) mass is 223 g/mol. The quantitative estimate of drug-likeness (QED) is 0.827.